The van der Waals surface area contributed by atoms with Gasteiger partial charge in [-0.05, 0) is 38.0 Å². The fourth-order valence-electron chi connectivity index (χ4n) is 2.06. The monoisotopic (exact) mass is 212 g/mol. The molecule has 0 aromatic heterocycles. The van der Waals surface area contributed by atoms with Crippen molar-refractivity contribution >= 4 is 5.91 Å². The number of carbonyl (C=O) groups is 1. The first-order valence-corrected chi connectivity index (χ1v) is 5.98. The van der Waals surface area contributed by atoms with E-state index in [9.17, 15) is 4.79 Å². The van der Waals surface area contributed by atoms with Crippen molar-refractivity contribution in [2.75, 3.05) is 0 Å². The van der Waals surface area contributed by atoms with Crippen LogP contribution in [0, 0.1) is 11.8 Å². The lowest BCUT2D eigenvalue weighted by atomic mass is 9.95. The summed E-state index contributed by atoms with van der Waals surface area (Å²) in [5.74, 6) is 1.28. The number of amides is 1. The van der Waals surface area contributed by atoms with Gasteiger partial charge in [-0.3, -0.25) is 4.79 Å². The Balaban J connectivity index is 2.53. The molecule has 0 spiro atoms. The molecule has 0 aliphatic heterocycles. The molecule has 3 nitrogen and oxygen atoms in total. The van der Waals surface area contributed by atoms with E-state index in [0.717, 1.165) is 6.42 Å². The number of hydrogen-bond donors (Lipinski definition) is 2. The van der Waals surface area contributed by atoms with Gasteiger partial charge in [0.2, 0.25) is 5.91 Å². The maximum atomic E-state index is 11.9. The van der Waals surface area contributed by atoms with Crippen molar-refractivity contribution in [3.63, 3.8) is 0 Å². The van der Waals surface area contributed by atoms with Gasteiger partial charge in [-0.15, -0.1) is 0 Å². The van der Waals surface area contributed by atoms with Crippen molar-refractivity contribution in [1.82, 2.24) is 5.32 Å². The summed E-state index contributed by atoms with van der Waals surface area (Å²) in [7, 11) is 0. The van der Waals surface area contributed by atoms with Gasteiger partial charge in [0.1, 0.15) is 0 Å². The molecule has 3 heteroatoms. The maximum Gasteiger partial charge on any atom is 0.240 e. The second-order valence-electron chi connectivity index (χ2n) is 5.26. The lowest BCUT2D eigenvalue weighted by Gasteiger charge is -2.26. The van der Waals surface area contributed by atoms with E-state index in [-0.39, 0.29) is 5.91 Å². The Kier molecular flexibility index (Phi) is 3.77. The molecule has 0 aromatic rings. The second kappa shape index (κ2) is 4.52. The summed E-state index contributed by atoms with van der Waals surface area (Å²) < 4.78 is 0. The lowest BCUT2D eigenvalue weighted by Crippen LogP contribution is -2.54. The predicted octanol–water partition coefficient (Wildman–Crippen LogP) is 1.66. The van der Waals surface area contributed by atoms with Gasteiger partial charge >= 0.3 is 0 Å². The Morgan fingerprint density at radius 2 is 2.07 bits per heavy atom. The average molecular weight is 212 g/mol. The SMILES string of the molecule is CCC(C)(N)C(=O)NC1CCC(C)C1C. The van der Waals surface area contributed by atoms with Crippen LogP contribution >= 0.6 is 0 Å². The normalized spacial score (nSPS) is 34.9. The van der Waals surface area contributed by atoms with Crippen molar-refractivity contribution in [1.29, 1.82) is 0 Å². The van der Waals surface area contributed by atoms with E-state index in [1.54, 1.807) is 6.92 Å². The summed E-state index contributed by atoms with van der Waals surface area (Å²) in [5, 5.41) is 3.09. The van der Waals surface area contributed by atoms with Crippen LogP contribution in [0.1, 0.15) is 47.0 Å². The molecule has 1 fully saturated rings. The first-order chi connectivity index (χ1) is 6.88. The molecule has 3 N–H and O–H groups in total. The smallest absolute Gasteiger partial charge is 0.240 e. The Hall–Kier alpha value is -0.570. The molecule has 1 saturated carbocycles. The molecule has 1 amide bonds. The van der Waals surface area contributed by atoms with Gasteiger partial charge in [-0.2, -0.15) is 0 Å². The maximum absolute atomic E-state index is 11.9. The highest BCUT2D eigenvalue weighted by Gasteiger charge is 2.34. The minimum absolute atomic E-state index is 0.00375. The quantitative estimate of drug-likeness (QED) is 0.747. The number of carbonyl (C=O) groups excluding carboxylic acids is 1. The van der Waals surface area contributed by atoms with E-state index in [4.69, 9.17) is 5.73 Å². The molecule has 1 aliphatic rings. The topological polar surface area (TPSA) is 55.1 Å². The third-order valence-corrected chi connectivity index (χ3v) is 4.03. The average Bonchev–Trinajstić information content (AvgIpc) is 2.49. The fraction of sp³-hybridized carbons (Fsp3) is 0.917. The highest BCUT2D eigenvalue weighted by Crippen LogP contribution is 2.31. The summed E-state index contributed by atoms with van der Waals surface area (Å²) in [5.41, 5.74) is 5.19. The van der Waals surface area contributed by atoms with Crippen molar-refractivity contribution in [2.24, 2.45) is 17.6 Å². The van der Waals surface area contributed by atoms with E-state index >= 15 is 0 Å². The van der Waals surface area contributed by atoms with Crippen molar-refractivity contribution in [3.05, 3.63) is 0 Å². The number of rotatable bonds is 3. The lowest BCUT2D eigenvalue weighted by molar-refractivity contribution is -0.126. The van der Waals surface area contributed by atoms with Crippen LogP contribution in [-0.2, 0) is 4.79 Å². The van der Waals surface area contributed by atoms with E-state index < -0.39 is 5.54 Å². The van der Waals surface area contributed by atoms with Gasteiger partial charge < -0.3 is 11.1 Å². The zero-order chi connectivity index (χ0) is 11.6. The summed E-state index contributed by atoms with van der Waals surface area (Å²) in [4.78, 5) is 11.9. The third kappa shape index (κ3) is 2.71. The Bertz CT molecular complexity index is 238. The molecule has 4 unspecified atom stereocenters. The summed E-state index contributed by atoms with van der Waals surface area (Å²) >= 11 is 0. The van der Waals surface area contributed by atoms with Crippen molar-refractivity contribution < 1.29 is 4.79 Å². The molecule has 0 radical (unpaired) electrons. The first-order valence-electron chi connectivity index (χ1n) is 5.98. The molecule has 0 saturated heterocycles. The number of hydrogen-bond acceptors (Lipinski definition) is 2. The highest BCUT2D eigenvalue weighted by molar-refractivity contribution is 5.85. The van der Waals surface area contributed by atoms with Gasteiger partial charge in [-0.1, -0.05) is 20.8 Å². The molecule has 1 rings (SSSR count). The number of nitrogens with two attached hydrogens (primary N) is 1. The van der Waals surface area contributed by atoms with Gasteiger partial charge in [0.25, 0.3) is 0 Å². The minimum Gasteiger partial charge on any atom is -0.352 e. The first kappa shape index (κ1) is 12.5. The Morgan fingerprint density at radius 3 is 2.47 bits per heavy atom. The van der Waals surface area contributed by atoms with Gasteiger partial charge in [0.15, 0.2) is 0 Å². The summed E-state index contributed by atoms with van der Waals surface area (Å²) in [6.45, 7) is 8.20. The van der Waals surface area contributed by atoms with Crippen LogP contribution in [0.3, 0.4) is 0 Å². The molecule has 15 heavy (non-hydrogen) atoms. The molecule has 88 valence electrons. The highest BCUT2D eigenvalue weighted by atomic mass is 16.2. The Labute approximate surface area is 92.8 Å². The molecular formula is C12H24N2O. The van der Waals surface area contributed by atoms with Crippen LogP contribution in [0.5, 0.6) is 0 Å². The van der Waals surface area contributed by atoms with E-state index in [2.05, 4.69) is 19.2 Å². The second-order valence-corrected chi connectivity index (χ2v) is 5.26. The van der Waals surface area contributed by atoms with E-state index in [0.29, 0.717) is 24.3 Å². The predicted molar refractivity (Wildman–Crippen MR) is 62.4 cm³/mol. The van der Waals surface area contributed by atoms with Crippen LogP contribution in [0.25, 0.3) is 0 Å². The minimum atomic E-state index is -0.717. The molecule has 0 heterocycles. The van der Waals surface area contributed by atoms with Crippen LogP contribution in [0.15, 0.2) is 0 Å². The molecule has 1 aliphatic carbocycles. The van der Waals surface area contributed by atoms with Crippen molar-refractivity contribution in [2.45, 2.75) is 58.5 Å². The number of nitrogens with one attached hydrogen (secondary N) is 1. The standard InChI is InChI=1S/C12H24N2O/c1-5-12(4,13)11(15)14-10-7-6-8(2)9(10)3/h8-10H,5-7,13H2,1-4H3,(H,14,15). The molecule has 0 bridgehead atoms. The van der Waals surface area contributed by atoms with Crippen LogP contribution < -0.4 is 11.1 Å². The van der Waals surface area contributed by atoms with Gasteiger partial charge in [0, 0.05) is 6.04 Å². The van der Waals surface area contributed by atoms with Gasteiger partial charge in [-0.25, -0.2) is 0 Å². The molecular weight excluding hydrogens is 188 g/mol. The zero-order valence-corrected chi connectivity index (χ0v) is 10.3. The summed E-state index contributed by atoms with van der Waals surface area (Å²) in [6, 6.07) is 0.321. The van der Waals surface area contributed by atoms with E-state index in [1.165, 1.54) is 6.42 Å². The zero-order valence-electron chi connectivity index (χ0n) is 10.3. The molecule has 0 aromatic carbocycles. The molecule has 4 atom stereocenters. The third-order valence-electron chi connectivity index (χ3n) is 4.03. The fourth-order valence-corrected chi connectivity index (χ4v) is 2.06. The van der Waals surface area contributed by atoms with Gasteiger partial charge in [0.05, 0.1) is 5.54 Å². The van der Waals surface area contributed by atoms with Crippen LogP contribution in [-0.4, -0.2) is 17.5 Å². The van der Waals surface area contributed by atoms with Crippen LogP contribution in [0.4, 0.5) is 0 Å². The van der Waals surface area contributed by atoms with Crippen molar-refractivity contribution in [3.8, 4) is 0 Å². The van der Waals surface area contributed by atoms with Crippen LogP contribution in [0.2, 0.25) is 0 Å². The largest absolute Gasteiger partial charge is 0.352 e. The summed E-state index contributed by atoms with van der Waals surface area (Å²) in [6.07, 6.45) is 2.98. The van der Waals surface area contributed by atoms with E-state index in [1.807, 2.05) is 6.92 Å². The Morgan fingerprint density at radius 1 is 1.47 bits per heavy atom.